The van der Waals surface area contributed by atoms with Gasteiger partial charge in [0.2, 0.25) is 0 Å². The standard InChI is InChI=1S/C15H17NO2S/c1-3-10(2)11-4-6-12(7-5-11)13-9-19-14(16-13)8-15(17)18/h4-7,9-10H,3,8H2,1-2H3,(H,17,18). The van der Waals surface area contributed by atoms with Gasteiger partial charge in [0.15, 0.2) is 0 Å². The molecule has 1 aromatic carbocycles. The number of carboxylic acid groups (broad SMARTS) is 1. The van der Waals surface area contributed by atoms with Gasteiger partial charge in [-0.1, -0.05) is 38.1 Å². The highest BCUT2D eigenvalue weighted by Crippen LogP contribution is 2.25. The molecule has 0 aliphatic carbocycles. The van der Waals surface area contributed by atoms with Crippen LogP contribution < -0.4 is 0 Å². The number of aliphatic carboxylic acids is 1. The second kappa shape index (κ2) is 5.97. The van der Waals surface area contributed by atoms with Crippen LogP contribution in [0.25, 0.3) is 11.3 Å². The molecule has 0 saturated heterocycles. The fraction of sp³-hybridized carbons (Fsp3) is 0.333. The Bertz CT molecular complexity index is 560. The number of thiazole rings is 1. The minimum absolute atomic E-state index is 0.00435. The molecular formula is C15H17NO2S. The van der Waals surface area contributed by atoms with Gasteiger partial charge in [-0.05, 0) is 17.9 Å². The molecule has 19 heavy (non-hydrogen) atoms. The smallest absolute Gasteiger partial charge is 0.310 e. The first-order chi connectivity index (χ1) is 9.10. The van der Waals surface area contributed by atoms with Crippen molar-refractivity contribution in [3.05, 3.63) is 40.2 Å². The third-order valence-electron chi connectivity index (χ3n) is 3.24. The van der Waals surface area contributed by atoms with Crippen molar-refractivity contribution in [1.29, 1.82) is 0 Å². The van der Waals surface area contributed by atoms with Gasteiger partial charge in [-0.15, -0.1) is 11.3 Å². The number of benzene rings is 1. The summed E-state index contributed by atoms with van der Waals surface area (Å²) in [6.07, 6.45) is 1.12. The lowest BCUT2D eigenvalue weighted by atomic mass is 9.97. The second-order valence-corrected chi connectivity index (χ2v) is 5.57. The SMILES string of the molecule is CCC(C)c1ccc(-c2csc(CC(=O)O)n2)cc1. The molecule has 1 aromatic heterocycles. The van der Waals surface area contributed by atoms with Crippen molar-refractivity contribution in [1.82, 2.24) is 4.98 Å². The van der Waals surface area contributed by atoms with Crippen LogP contribution >= 0.6 is 11.3 Å². The Morgan fingerprint density at radius 2 is 2.05 bits per heavy atom. The van der Waals surface area contributed by atoms with E-state index >= 15 is 0 Å². The van der Waals surface area contributed by atoms with Gasteiger partial charge in [-0.25, -0.2) is 4.98 Å². The summed E-state index contributed by atoms with van der Waals surface area (Å²) in [4.78, 5) is 15.0. The average molecular weight is 275 g/mol. The largest absolute Gasteiger partial charge is 0.481 e. The minimum Gasteiger partial charge on any atom is -0.481 e. The van der Waals surface area contributed by atoms with Crippen LogP contribution in [0.2, 0.25) is 0 Å². The number of carbonyl (C=O) groups is 1. The predicted octanol–water partition coefficient (Wildman–Crippen LogP) is 3.95. The van der Waals surface area contributed by atoms with Crippen molar-refractivity contribution in [2.24, 2.45) is 0 Å². The zero-order valence-electron chi connectivity index (χ0n) is 11.1. The third-order valence-corrected chi connectivity index (χ3v) is 4.09. The molecule has 0 fully saturated rings. The van der Waals surface area contributed by atoms with E-state index in [0.29, 0.717) is 10.9 Å². The molecule has 0 aliphatic heterocycles. The van der Waals surface area contributed by atoms with E-state index in [1.165, 1.54) is 16.9 Å². The summed E-state index contributed by atoms with van der Waals surface area (Å²) in [5, 5.41) is 11.3. The molecule has 4 heteroatoms. The molecule has 0 aliphatic rings. The van der Waals surface area contributed by atoms with E-state index in [2.05, 4.69) is 43.1 Å². The summed E-state index contributed by atoms with van der Waals surface area (Å²) < 4.78 is 0. The van der Waals surface area contributed by atoms with Crippen LogP contribution in [0.4, 0.5) is 0 Å². The summed E-state index contributed by atoms with van der Waals surface area (Å²) >= 11 is 1.40. The lowest BCUT2D eigenvalue weighted by molar-refractivity contribution is -0.136. The van der Waals surface area contributed by atoms with Crippen LogP contribution in [0, 0.1) is 0 Å². The fourth-order valence-electron chi connectivity index (χ4n) is 1.87. The Labute approximate surface area is 116 Å². The topological polar surface area (TPSA) is 50.2 Å². The second-order valence-electron chi connectivity index (χ2n) is 4.63. The van der Waals surface area contributed by atoms with Crippen LogP contribution in [-0.2, 0) is 11.2 Å². The predicted molar refractivity (Wildman–Crippen MR) is 77.6 cm³/mol. The van der Waals surface area contributed by atoms with Crippen LogP contribution in [0.15, 0.2) is 29.6 Å². The summed E-state index contributed by atoms with van der Waals surface area (Å²) in [6.45, 7) is 4.39. The number of aromatic nitrogens is 1. The first-order valence-corrected chi connectivity index (χ1v) is 7.24. The lowest BCUT2D eigenvalue weighted by Crippen LogP contribution is -1.99. The Kier molecular flexibility index (Phi) is 4.32. The molecule has 2 aromatic rings. The maximum Gasteiger partial charge on any atom is 0.310 e. The number of hydrogen-bond acceptors (Lipinski definition) is 3. The van der Waals surface area contributed by atoms with Crippen molar-refractivity contribution in [3.8, 4) is 11.3 Å². The Morgan fingerprint density at radius 3 is 2.63 bits per heavy atom. The molecular weight excluding hydrogens is 258 g/mol. The van der Waals surface area contributed by atoms with Crippen molar-refractivity contribution in [2.75, 3.05) is 0 Å². The maximum atomic E-state index is 10.6. The molecule has 0 saturated carbocycles. The zero-order valence-corrected chi connectivity index (χ0v) is 11.9. The highest BCUT2D eigenvalue weighted by molar-refractivity contribution is 7.10. The molecule has 2 rings (SSSR count). The van der Waals surface area contributed by atoms with E-state index in [4.69, 9.17) is 5.11 Å². The van der Waals surface area contributed by atoms with Gasteiger partial charge < -0.3 is 5.11 Å². The van der Waals surface area contributed by atoms with Crippen LogP contribution in [0.3, 0.4) is 0 Å². The van der Waals surface area contributed by atoms with E-state index in [1.807, 2.05) is 5.38 Å². The highest BCUT2D eigenvalue weighted by Gasteiger charge is 2.08. The van der Waals surface area contributed by atoms with E-state index in [0.717, 1.165) is 17.7 Å². The Morgan fingerprint density at radius 1 is 1.37 bits per heavy atom. The van der Waals surface area contributed by atoms with E-state index in [1.54, 1.807) is 0 Å². The number of nitrogens with zero attached hydrogens (tertiary/aromatic N) is 1. The summed E-state index contributed by atoms with van der Waals surface area (Å²) in [5.41, 5.74) is 3.23. The summed E-state index contributed by atoms with van der Waals surface area (Å²) in [7, 11) is 0. The van der Waals surface area contributed by atoms with E-state index < -0.39 is 5.97 Å². The fourth-order valence-corrected chi connectivity index (χ4v) is 2.67. The number of carboxylic acids is 1. The molecule has 1 atom stereocenters. The number of hydrogen-bond donors (Lipinski definition) is 1. The van der Waals surface area contributed by atoms with Gasteiger partial charge in [-0.2, -0.15) is 0 Å². The van der Waals surface area contributed by atoms with Crippen LogP contribution in [0.1, 0.15) is 36.8 Å². The first-order valence-electron chi connectivity index (χ1n) is 6.36. The van der Waals surface area contributed by atoms with Gasteiger partial charge in [0.1, 0.15) is 5.01 Å². The van der Waals surface area contributed by atoms with Gasteiger partial charge >= 0.3 is 5.97 Å². The monoisotopic (exact) mass is 275 g/mol. The van der Waals surface area contributed by atoms with Crippen molar-refractivity contribution in [3.63, 3.8) is 0 Å². The van der Waals surface area contributed by atoms with Gasteiger partial charge in [0.05, 0.1) is 12.1 Å². The molecule has 0 bridgehead atoms. The van der Waals surface area contributed by atoms with Crippen molar-refractivity contribution < 1.29 is 9.90 Å². The molecule has 1 heterocycles. The molecule has 0 amide bonds. The van der Waals surface area contributed by atoms with E-state index in [-0.39, 0.29) is 6.42 Å². The van der Waals surface area contributed by atoms with Crippen molar-refractivity contribution in [2.45, 2.75) is 32.6 Å². The Balaban J connectivity index is 2.18. The molecule has 1 unspecified atom stereocenters. The quantitative estimate of drug-likeness (QED) is 0.898. The van der Waals surface area contributed by atoms with Crippen LogP contribution in [0.5, 0.6) is 0 Å². The van der Waals surface area contributed by atoms with Gasteiger partial charge in [-0.3, -0.25) is 4.79 Å². The van der Waals surface area contributed by atoms with Gasteiger partial charge in [0.25, 0.3) is 0 Å². The summed E-state index contributed by atoms with van der Waals surface area (Å²) in [6, 6.07) is 8.36. The summed E-state index contributed by atoms with van der Waals surface area (Å²) in [5.74, 6) is -0.278. The molecule has 3 nitrogen and oxygen atoms in total. The molecule has 0 spiro atoms. The molecule has 100 valence electrons. The minimum atomic E-state index is -0.840. The molecule has 1 N–H and O–H groups in total. The third kappa shape index (κ3) is 3.41. The molecule has 0 radical (unpaired) electrons. The Hall–Kier alpha value is -1.68. The lowest BCUT2D eigenvalue weighted by Gasteiger charge is -2.08. The van der Waals surface area contributed by atoms with E-state index in [9.17, 15) is 4.79 Å². The normalized spacial score (nSPS) is 12.3. The zero-order chi connectivity index (χ0) is 13.8. The van der Waals surface area contributed by atoms with Crippen LogP contribution in [-0.4, -0.2) is 16.1 Å². The highest BCUT2D eigenvalue weighted by atomic mass is 32.1. The maximum absolute atomic E-state index is 10.6. The number of rotatable bonds is 5. The van der Waals surface area contributed by atoms with Gasteiger partial charge in [0, 0.05) is 10.9 Å². The average Bonchev–Trinajstić information content (AvgIpc) is 2.85. The van der Waals surface area contributed by atoms with Crippen molar-refractivity contribution >= 4 is 17.3 Å². The first kappa shape index (κ1) is 13.7.